The molecule has 0 saturated carbocycles. The summed E-state index contributed by atoms with van der Waals surface area (Å²) >= 11 is 15.9. The number of nitrogen functional groups attached to an aromatic ring is 1. The van der Waals surface area contributed by atoms with Crippen LogP contribution in [0, 0.1) is 0 Å². The third-order valence-electron chi connectivity index (χ3n) is 3.93. The van der Waals surface area contributed by atoms with Gasteiger partial charge in [0.05, 0.1) is 27.0 Å². The van der Waals surface area contributed by atoms with E-state index in [0.717, 1.165) is 9.86 Å². The number of aromatic nitrogens is 2. The third kappa shape index (κ3) is 3.43. The molecule has 5 nitrogen and oxygen atoms in total. The molecule has 0 aliphatic rings. The third-order valence-corrected chi connectivity index (χ3v) is 5.06. The van der Waals surface area contributed by atoms with E-state index in [1.165, 1.54) is 0 Å². The largest absolute Gasteiger partial charge is 0.422 e. The molecule has 8 heteroatoms. The van der Waals surface area contributed by atoms with Gasteiger partial charge in [-0.1, -0.05) is 45.2 Å². The Morgan fingerprint density at radius 2 is 1.67 bits per heavy atom. The molecule has 2 aromatic heterocycles. The fraction of sp³-hybridized carbons (Fsp3) is 0. The van der Waals surface area contributed by atoms with Gasteiger partial charge in [-0.05, 0) is 42.5 Å². The second-order valence-corrected chi connectivity index (χ2v) is 7.45. The molecule has 0 amide bonds. The summed E-state index contributed by atoms with van der Waals surface area (Å²) in [5, 5.41) is 1.58. The summed E-state index contributed by atoms with van der Waals surface area (Å²) < 4.78 is 6.27. The highest BCUT2D eigenvalue weighted by Gasteiger charge is 2.16. The summed E-state index contributed by atoms with van der Waals surface area (Å²) in [4.78, 5) is 20.9. The Balaban J connectivity index is 1.96. The number of anilines is 1. The second-order valence-electron chi connectivity index (χ2n) is 5.72. The molecule has 2 N–H and O–H groups in total. The average molecular weight is 463 g/mol. The van der Waals surface area contributed by atoms with Crippen LogP contribution in [0.2, 0.25) is 10.0 Å². The molecule has 2 aromatic carbocycles. The number of nitrogens with zero attached hydrogens (tertiary/aromatic N) is 2. The van der Waals surface area contributed by atoms with E-state index >= 15 is 0 Å². The Morgan fingerprint density at radius 1 is 0.963 bits per heavy atom. The Hall–Kier alpha value is -2.41. The average Bonchev–Trinajstić information content (AvgIpc) is 2.61. The van der Waals surface area contributed by atoms with Crippen LogP contribution in [0.25, 0.3) is 33.5 Å². The molecule has 0 bridgehead atoms. The summed E-state index contributed by atoms with van der Waals surface area (Å²) in [6.45, 7) is 0. The van der Waals surface area contributed by atoms with E-state index in [-0.39, 0.29) is 11.5 Å². The standard InChI is InChI=1S/C19H10BrCl2N3O2/c20-10-4-5-16-9(6-10)7-11(18(26)27-16)14-8-15(25-19(23)24-14)17-12(21)2-1-3-13(17)22/h1-8H,(H2,23,24,25). The van der Waals surface area contributed by atoms with Crippen LogP contribution < -0.4 is 11.4 Å². The van der Waals surface area contributed by atoms with Gasteiger partial charge in [-0.15, -0.1) is 0 Å². The van der Waals surface area contributed by atoms with Crippen molar-refractivity contribution in [1.82, 2.24) is 9.97 Å². The van der Waals surface area contributed by atoms with Crippen molar-refractivity contribution in [3.63, 3.8) is 0 Å². The Morgan fingerprint density at radius 3 is 2.41 bits per heavy atom. The molecule has 0 fully saturated rings. The molecule has 134 valence electrons. The summed E-state index contributed by atoms with van der Waals surface area (Å²) in [5.74, 6) is -0.00720. The van der Waals surface area contributed by atoms with E-state index < -0.39 is 5.63 Å². The minimum absolute atomic E-state index is 0.00720. The smallest absolute Gasteiger partial charge is 0.345 e. The summed E-state index contributed by atoms with van der Waals surface area (Å²) in [5.41, 5.74) is 7.34. The second kappa shape index (κ2) is 6.96. The van der Waals surface area contributed by atoms with Crippen LogP contribution in [0.4, 0.5) is 5.95 Å². The van der Waals surface area contributed by atoms with E-state index in [0.29, 0.717) is 32.6 Å². The van der Waals surface area contributed by atoms with Gasteiger partial charge in [-0.3, -0.25) is 0 Å². The minimum Gasteiger partial charge on any atom is -0.422 e. The van der Waals surface area contributed by atoms with Gasteiger partial charge in [0.1, 0.15) is 5.58 Å². The van der Waals surface area contributed by atoms with Crippen molar-refractivity contribution >= 4 is 56.0 Å². The Kier molecular flexibility index (Phi) is 4.63. The number of rotatable bonds is 2. The molecule has 0 radical (unpaired) electrons. The van der Waals surface area contributed by atoms with Gasteiger partial charge < -0.3 is 10.2 Å². The van der Waals surface area contributed by atoms with Gasteiger partial charge >= 0.3 is 5.63 Å². The molecular weight excluding hydrogens is 453 g/mol. The molecule has 4 aromatic rings. The van der Waals surface area contributed by atoms with Crippen molar-refractivity contribution < 1.29 is 4.42 Å². The van der Waals surface area contributed by atoms with Crippen molar-refractivity contribution in [2.45, 2.75) is 0 Å². The van der Waals surface area contributed by atoms with Gasteiger partial charge in [0.2, 0.25) is 5.95 Å². The van der Waals surface area contributed by atoms with Gasteiger partial charge in [0.25, 0.3) is 0 Å². The van der Waals surface area contributed by atoms with Crippen LogP contribution in [0.1, 0.15) is 0 Å². The lowest BCUT2D eigenvalue weighted by Gasteiger charge is -2.09. The molecule has 4 rings (SSSR count). The van der Waals surface area contributed by atoms with E-state index in [9.17, 15) is 4.79 Å². The highest BCUT2D eigenvalue weighted by Crippen LogP contribution is 2.35. The minimum atomic E-state index is -0.529. The molecule has 0 atom stereocenters. The van der Waals surface area contributed by atoms with E-state index in [4.69, 9.17) is 33.4 Å². The van der Waals surface area contributed by atoms with Crippen molar-refractivity contribution in [2.75, 3.05) is 5.73 Å². The van der Waals surface area contributed by atoms with E-state index in [1.54, 1.807) is 42.5 Å². The zero-order valence-electron chi connectivity index (χ0n) is 13.5. The quantitative estimate of drug-likeness (QED) is 0.394. The SMILES string of the molecule is Nc1nc(-c2c(Cl)cccc2Cl)cc(-c2cc3cc(Br)ccc3oc2=O)n1. The normalized spacial score (nSPS) is 11.1. The van der Waals surface area contributed by atoms with Crippen molar-refractivity contribution in [1.29, 1.82) is 0 Å². The zero-order valence-corrected chi connectivity index (χ0v) is 16.6. The fourth-order valence-corrected chi connectivity index (χ4v) is 3.72. The molecule has 0 spiro atoms. The first-order valence-corrected chi connectivity index (χ1v) is 9.30. The molecule has 2 heterocycles. The van der Waals surface area contributed by atoms with Gasteiger partial charge in [0, 0.05) is 15.4 Å². The van der Waals surface area contributed by atoms with E-state index in [2.05, 4.69) is 25.9 Å². The lowest BCUT2D eigenvalue weighted by Crippen LogP contribution is -2.06. The number of benzene rings is 2. The highest BCUT2D eigenvalue weighted by atomic mass is 79.9. The van der Waals surface area contributed by atoms with Crippen LogP contribution in [-0.4, -0.2) is 9.97 Å². The first-order valence-electron chi connectivity index (χ1n) is 7.75. The van der Waals surface area contributed by atoms with Crippen molar-refractivity contribution in [3.05, 3.63) is 73.5 Å². The van der Waals surface area contributed by atoms with Crippen LogP contribution in [0.3, 0.4) is 0 Å². The lowest BCUT2D eigenvalue weighted by molar-refractivity contribution is 0.563. The van der Waals surface area contributed by atoms with Crippen LogP contribution in [0.5, 0.6) is 0 Å². The summed E-state index contributed by atoms with van der Waals surface area (Å²) in [6, 6.07) is 13.8. The predicted molar refractivity (Wildman–Crippen MR) is 111 cm³/mol. The summed E-state index contributed by atoms with van der Waals surface area (Å²) in [6.07, 6.45) is 0. The topological polar surface area (TPSA) is 82.0 Å². The summed E-state index contributed by atoms with van der Waals surface area (Å²) in [7, 11) is 0. The molecule has 0 saturated heterocycles. The van der Waals surface area contributed by atoms with Gasteiger partial charge in [-0.25, -0.2) is 14.8 Å². The monoisotopic (exact) mass is 461 g/mol. The van der Waals surface area contributed by atoms with Crippen LogP contribution in [0.15, 0.2) is 62.2 Å². The molecule has 0 aliphatic heterocycles. The zero-order chi connectivity index (χ0) is 19.1. The maximum absolute atomic E-state index is 12.5. The van der Waals surface area contributed by atoms with Crippen LogP contribution >= 0.6 is 39.1 Å². The van der Waals surface area contributed by atoms with Gasteiger partial charge in [-0.2, -0.15) is 0 Å². The Bertz CT molecular complexity index is 1240. The maximum Gasteiger partial charge on any atom is 0.345 e. The predicted octanol–water partition coefficient (Wildman–Crippen LogP) is 5.57. The number of nitrogens with two attached hydrogens (primary N) is 1. The number of hydrogen-bond acceptors (Lipinski definition) is 5. The highest BCUT2D eigenvalue weighted by molar-refractivity contribution is 9.10. The van der Waals surface area contributed by atoms with Crippen molar-refractivity contribution in [2.24, 2.45) is 0 Å². The maximum atomic E-state index is 12.5. The number of hydrogen-bond donors (Lipinski definition) is 1. The van der Waals surface area contributed by atoms with Crippen molar-refractivity contribution in [3.8, 4) is 22.5 Å². The first kappa shape index (κ1) is 18.0. The first-order chi connectivity index (χ1) is 12.9. The fourth-order valence-electron chi connectivity index (χ4n) is 2.75. The van der Waals surface area contributed by atoms with Gasteiger partial charge in [0.15, 0.2) is 0 Å². The molecular formula is C19H10BrCl2N3O2. The molecule has 27 heavy (non-hydrogen) atoms. The Labute approximate surface area is 171 Å². The number of halogens is 3. The number of fused-ring (bicyclic) bond motifs is 1. The van der Waals surface area contributed by atoms with Crippen LogP contribution in [-0.2, 0) is 0 Å². The molecule has 0 aliphatic carbocycles. The van der Waals surface area contributed by atoms with E-state index in [1.807, 2.05) is 6.07 Å². The lowest BCUT2D eigenvalue weighted by atomic mass is 10.1. The molecule has 0 unspecified atom stereocenters.